The van der Waals surface area contributed by atoms with Crippen LogP contribution < -0.4 is 21.3 Å². The van der Waals surface area contributed by atoms with Gasteiger partial charge in [0.15, 0.2) is 6.23 Å². The first-order valence-electron chi connectivity index (χ1n) is 6.05. The van der Waals surface area contributed by atoms with Gasteiger partial charge in [-0.3, -0.25) is 14.3 Å². The van der Waals surface area contributed by atoms with Gasteiger partial charge >= 0.3 is 5.69 Å². The molecule has 1 fully saturated rings. The van der Waals surface area contributed by atoms with Gasteiger partial charge in [0.05, 0.1) is 13.3 Å². The number of rotatable bonds is 4. The summed E-state index contributed by atoms with van der Waals surface area (Å²) < 4.78 is 11.3. The summed E-state index contributed by atoms with van der Waals surface area (Å²) in [5.74, 6) is -0.0908. The number of nitrogens with one attached hydrogen (secondary N) is 2. The topological polar surface area (TPSA) is 126 Å². The van der Waals surface area contributed by atoms with E-state index < -0.39 is 35.8 Å². The molecule has 2 heterocycles. The Kier molecular flexibility index (Phi) is 4.23. The van der Waals surface area contributed by atoms with E-state index in [1.165, 1.54) is 7.11 Å². The van der Waals surface area contributed by atoms with Crippen LogP contribution in [0.25, 0.3) is 0 Å². The summed E-state index contributed by atoms with van der Waals surface area (Å²) in [5.41, 5.74) is -1.43. The molecule has 9 nitrogen and oxygen atoms in total. The van der Waals surface area contributed by atoms with E-state index in [9.17, 15) is 19.8 Å². The molecular formula is C11H17N3O6. The number of aromatic amines is 1. The van der Waals surface area contributed by atoms with E-state index in [1.807, 2.05) is 0 Å². The Morgan fingerprint density at radius 1 is 1.45 bits per heavy atom. The van der Waals surface area contributed by atoms with Crippen molar-refractivity contribution in [2.24, 2.45) is 0 Å². The van der Waals surface area contributed by atoms with Crippen LogP contribution in [0.1, 0.15) is 6.23 Å². The van der Waals surface area contributed by atoms with Gasteiger partial charge in [0.1, 0.15) is 18.3 Å². The van der Waals surface area contributed by atoms with E-state index in [1.54, 1.807) is 7.05 Å². The lowest BCUT2D eigenvalue weighted by Gasteiger charge is -2.17. The first-order valence-corrected chi connectivity index (χ1v) is 6.05. The number of aliphatic hydroxyl groups excluding tert-OH is 2. The predicted molar refractivity (Wildman–Crippen MR) is 67.7 cm³/mol. The molecule has 0 radical (unpaired) electrons. The number of likely N-dealkylation sites (N-methyl/N-ethyl adjacent to an activating group) is 1. The Morgan fingerprint density at radius 2 is 2.15 bits per heavy atom. The molecule has 112 valence electrons. The molecule has 1 aromatic rings. The van der Waals surface area contributed by atoms with Gasteiger partial charge in [-0.05, 0) is 7.05 Å². The third kappa shape index (κ3) is 2.48. The summed E-state index contributed by atoms with van der Waals surface area (Å²) in [4.78, 5) is 25.2. The maximum atomic E-state index is 11.8. The summed E-state index contributed by atoms with van der Waals surface area (Å²) in [6, 6.07) is 0. The lowest BCUT2D eigenvalue weighted by atomic mass is 10.1. The van der Waals surface area contributed by atoms with Crippen LogP contribution in [0.4, 0.5) is 0 Å². The molecule has 20 heavy (non-hydrogen) atoms. The van der Waals surface area contributed by atoms with E-state index in [2.05, 4.69) is 10.3 Å². The van der Waals surface area contributed by atoms with Crippen molar-refractivity contribution in [3.05, 3.63) is 27.0 Å². The third-order valence-electron chi connectivity index (χ3n) is 3.17. The first kappa shape index (κ1) is 14.7. The minimum absolute atomic E-state index is 0.0908. The van der Waals surface area contributed by atoms with Gasteiger partial charge in [-0.2, -0.15) is 0 Å². The predicted octanol–water partition coefficient (Wildman–Crippen LogP) is -2.62. The zero-order valence-corrected chi connectivity index (χ0v) is 11.1. The van der Waals surface area contributed by atoms with Crippen LogP contribution in [0.2, 0.25) is 0 Å². The number of aromatic nitrogens is 2. The number of H-pyrrole nitrogens is 1. The van der Waals surface area contributed by atoms with E-state index in [-0.39, 0.29) is 5.75 Å². The van der Waals surface area contributed by atoms with Crippen molar-refractivity contribution < 1.29 is 19.7 Å². The van der Waals surface area contributed by atoms with Crippen molar-refractivity contribution in [3.63, 3.8) is 0 Å². The van der Waals surface area contributed by atoms with E-state index in [0.717, 1.165) is 10.8 Å². The molecule has 9 heteroatoms. The molecule has 0 saturated carbocycles. The van der Waals surface area contributed by atoms with Crippen LogP contribution >= 0.6 is 0 Å². The molecule has 0 bridgehead atoms. The molecule has 1 saturated heterocycles. The highest BCUT2D eigenvalue weighted by Gasteiger charge is 2.43. The summed E-state index contributed by atoms with van der Waals surface area (Å²) in [6.07, 6.45) is -3.05. The Labute approximate surface area is 113 Å². The lowest BCUT2D eigenvalue weighted by Crippen LogP contribution is -2.38. The smallest absolute Gasteiger partial charge is 0.330 e. The van der Waals surface area contributed by atoms with Crippen molar-refractivity contribution in [1.29, 1.82) is 0 Å². The van der Waals surface area contributed by atoms with E-state index >= 15 is 0 Å². The summed E-state index contributed by atoms with van der Waals surface area (Å²) in [5, 5.41) is 22.6. The van der Waals surface area contributed by atoms with Gasteiger partial charge in [0, 0.05) is 6.54 Å². The normalized spacial score (nSPS) is 29.6. The van der Waals surface area contributed by atoms with Crippen molar-refractivity contribution >= 4 is 0 Å². The molecule has 4 N–H and O–H groups in total. The molecular weight excluding hydrogens is 270 g/mol. The standard InChI is InChI=1S/C11H17N3O6/c1-12-3-5-7(15)8(16)10(20-5)14-4-6(19-2)9(17)13-11(14)18/h4-5,7-8,10,12,15-16H,3H2,1-2H3,(H,13,17,18)/t5-,7?,8+,10-/m1/s1. The van der Waals surface area contributed by atoms with Crippen molar-refractivity contribution in [1.82, 2.24) is 14.9 Å². The molecule has 1 aromatic heterocycles. The van der Waals surface area contributed by atoms with Crippen molar-refractivity contribution in [2.75, 3.05) is 20.7 Å². The Hall–Kier alpha value is -1.68. The second-order valence-electron chi connectivity index (χ2n) is 4.47. The second-order valence-corrected chi connectivity index (χ2v) is 4.47. The number of methoxy groups -OCH3 is 1. The molecule has 0 amide bonds. The Morgan fingerprint density at radius 3 is 2.75 bits per heavy atom. The molecule has 1 unspecified atom stereocenters. The van der Waals surface area contributed by atoms with Crippen LogP contribution in [0.5, 0.6) is 5.75 Å². The quantitative estimate of drug-likeness (QED) is 0.478. The fourth-order valence-electron chi connectivity index (χ4n) is 2.13. The summed E-state index contributed by atoms with van der Waals surface area (Å²) in [6.45, 7) is 0.309. The average molecular weight is 287 g/mol. The van der Waals surface area contributed by atoms with Crippen molar-refractivity contribution in [3.8, 4) is 5.75 Å². The van der Waals surface area contributed by atoms with Gasteiger partial charge in [-0.1, -0.05) is 0 Å². The highest BCUT2D eigenvalue weighted by molar-refractivity contribution is 5.12. The van der Waals surface area contributed by atoms with Crippen LogP contribution in [0.3, 0.4) is 0 Å². The average Bonchev–Trinajstić information content (AvgIpc) is 2.68. The molecule has 0 aromatic carbocycles. The van der Waals surface area contributed by atoms with Gasteiger partial charge in [-0.25, -0.2) is 4.79 Å². The van der Waals surface area contributed by atoms with Crippen LogP contribution in [-0.4, -0.2) is 58.8 Å². The van der Waals surface area contributed by atoms with E-state index in [4.69, 9.17) is 9.47 Å². The lowest BCUT2D eigenvalue weighted by molar-refractivity contribution is -0.0390. The number of ether oxygens (including phenoxy) is 2. The second kappa shape index (κ2) is 5.75. The SMILES string of the molecule is CNC[C@H]1O[C@@H](n2cc(OC)c(=O)[nH]c2=O)[C@@H](O)C1O. The van der Waals surface area contributed by atoms with E-state index in [0.29, 0.717) is 6.54 Å². The third-order valence-corrected chi connectivity index (χ3v) is 3.17. The molecule has 4 atom stereocenters. The molecule has 0 spiro atoms. The molecule has 2 rings (SSSR count). The van der Waals surface area contributed by atoms with Gasteiger partial charge in [0.2, 0.25) is 5.75 Å². The maximum Gasteiger partial charge on any atom is 0.330 e. The maximum absolute atomic E-state index is 11.8. The Bertz CT molecular complexity index is 582. The van der Waals surface area contributed by atoms with Crippen LogP contribution in [0, 0.1) is 0 Å². The molecule has 1 aliphatic rings. The zero-order chi connectivity index (χ0) is 14.9. The zero-order valence-electron chi connectivity index (χ0n) is 11.1. The minimum atomic E-state index is -1.29. The highest BCUT2D eigenvalue weighted by Crippen LogP contribution is 2.28. The van der Waals surface area contributed by atoms with Crippen LogP contribution in [-0.2, 0) is 4.74 Å². The highest BCUT2D eigenvalue weighted by atomic mass is 16.6. The van der Waals surface area contributed by atoms with Gasteiger partial charge in [-0.15, -0.1) is 0 Å². The largest absolute Gasteiger partial charge is 0.490 e. The van der Waals surface area contributed by atoms with Gasteiger partial charge < -0.3 is 25.0 Å². The summed E-state index contributed by atoms with van der Waals surface area (Å²) >= 11 is 0. The monoisotopic (exact) mass is 287 g/mol. The fraction of sp³-hybridized carbons (Fsp3) is 0.636. The molecule has 1 aliphatic heterocycles. The first-order chi connectivity index (χ1) is 9.49. The van der Waals surface area contributed by atoms with Crippen molar-refractivity contribution in [2.45, 2.75) is 24.5 Å². The fourth-order valence-corrected chi connectivity index (χ4v) is 2.13. The number of hydrogen-bond donors (Lipinski definition) is 4. The van der Waals surface area contributed by atoms with Crippen LogP contribution in [0.15, 0.2) is 15.8 Å². The number of nitrogens with zero attached hydrogens (tertiary/aromatic N) is 1. The summed E-state index contributed by atoms with van der Waals surface area (Å²) in [7, 11) is 2.95. The minimum Gasteiger partial charge on any atom is -0.490 e. The molecule has 0 aliphatic carbocycles. The van der Waals surface area contributed by atoms with Gasteiger partial charge in [0.25, 0.3) is 5.56 Å². The number of hydrogen-bond acceptors (Lipinski definition) is 7. The number of aliphatic hydroxyl groups is 2. The Balaban J connectivity index is 2.37.